The first-order chi connectivity index (χ1) is 15.8. The molecular formula is C25H32N4O3S. The number of hydrogen-bond donors (Lipinski definition) is 2. The van der Waals surface area contributed by atoms with Crippen LogP contribution in [0.15, 0.2) is 42.5 Å². The van der Waals surface area contributed by atoms with Crippen LogP contribution in [0.2, 0.25) is 0 Å². The number of anilines is 2. The molecule has 3 rings (SSSR count). The smallest absolute Gasteiger partial charge is 0.238 e. The maximum Gasteiger partial charge on any atom is 0.238 e. The summed E-state index contributed by atoms with van der Waals surface area (Å²) in [5.41, 5.74) is 4.92. The topological polar surface area (TPSA) is 81.8 Å². The summed E-state index contributed by atoms with van der Waals surface area (Å²) in [4.78, 5) is 40.8. The van der Waals surface area contributed by atoms with Gasteiger partial charge in [-0.15, -0.1) is 11.8 Å². The average Bonchev–Trinajstić information content (AvgIpc) is 2.77. The molecule has 176 valence electrons. The number of hydrogen-bond acceptors (Lipinski definition) is 5. The Bertz CT molecular complexity index is 986. The lowest BCUT2D eigenvalue weighted by Crippen LogP contribution is -2.51. The molecular weight excluding hydrogens is 436 g/mol. The van der Waals surface area contributed by atoms with Crippen molar-refractivity contribution >= 4 is 40.9 Å². The molecule has 1 fully saturated rings. The van der Waals surface area contributed by atoms with E-state index in [1.807, 2.05) is 68.1 Å². The monoisotopic (exact) mass is 468 g/mol. The molecule has 0 unspecified atom stereocenters. The number of thioether (sulfide) groups is 1. The number of benzene rings is 2. The van der Waals surface area contributed by atoms with Crippen molar-refractivity contribution in [2.24, 2.45) is 0 Å². The molecule has 2 N–H and O–H groups in total. The molecule has 1 heterocycles. The van der Waals surface area contributed by atoms with Crippen LogP contribution in [0.4, 0.5) is 11.4 Å². The molecule has 2 aromatic rings. The number of rotatable bonds is 8. The van der Waals surface area contributed by atoms with Gasteiger partial charge in [-0.05, 0) is 44.5 Å². The molecule has 7 nitrogen and oxygen atoms in total. The van der Waals surface area contributed by atoms with E-state index in [-0.39, 0.29) is 29.2 Å². The summed E-state index contributed by atoms with van der Waals surface area (Å²) in [6.45, 7) is 8.79. The van der Waals surface area contributed by atoms with Crippen LogP contribution in [0.1, 0.15) is 16.7 Å². The zero-order valence-electron chi connectivity index (χ0n) is 19.5. The van der Waals surface area contributed by atoms with Crippen molar-refractivity contribution in [3.63, 3.8) is 0 Å². The van der Waals surface area contributed by atoms with Gasteiger partial charge in [-0.3, -0.25) is 19.3 Å². The Morgan fingerprint density at radius 1 is 0.818 bits per heavy atom. The van der Waals surface area contributed by atoms with Crippen LogP contribution in [-0.4, -0.2) is 71.8 Å². The molecule has 0 atom stereocenters. The second-order valence-corrected chi connectivity index (χ2v) is 9.42. The fraction of sp³-hybridized carbons (Fsp3) is 0.400. The van der Waals surface area contributed by atoms with Gasteiger partial charge in [0.05, 0.1) is 18.1 Å². The van der Waals surface area contributed by atoms with Gasteiger partial charge >= 0.3 is 0 Å². The fourth-order valence-electron chi connectivity index (χ4n) is 3.66. The largest absolute Gasteiger partial charge is 0.339 e. The molecule has 0 radical (unpaired) electrons. The minimum Gasteiger partial charge on any atom is -0.339 e. The highest BCUT2D eigenvalue weighted by Crippen LogP contribution is 2.17. The van der Waals surface area contributed by atoms with Crippen LogP contribution in [-0.2, 0) is 14.4 Å². The molecule has 2 aromatic carbocycles. The zero-order valence-corrected chi connectivity index (χ0v) is 20.3. The minimum atomic E-state index is -0.107. The highest BCUT2D eigenvalue weighted by molar-refractivity contribution is 8.00. The standard InChI is InChI=1S/C25H32N4O3S/c1-18-4-7-21(8-5-18)26-23(30)15-28-10-12-29(13-11-28)25(32)17-33-16-24(31)27-22-9-6-19(2)14-20(22)3/h4-9,14H,10-13,15-17H2,1-3H3,(H,26,30)(H,27,31). The van der Waals surface area contributed by atoms with Crippen LogP contribution >= 0.6 is 11.8 Å². The Morgan fingerprint density at radius 3 is 2.15 bits per heavy atom. The lowest BCUT2D eigenvalue weighted by atomic mass is 10.1. The van der Waals surface area contributed by atoms with Gasteiger partial charge in [0, 0.05) is 37.6 Å². The first-order valence-corrected chi connectivity index (χ1v) is 12.3. The Morgan fingerprint density at radius 2 is 1.48 bits per heavy atom. The average molecular weight is 469 g/mol. The lowest BCUT2D eigenvalue weighted by molar-refractivity contribution is -0.130. The Kier molecular flexibility index (Phi) is 8.91. The number of aryl methyl sites for hydroxylation is 3. The number of amides is 3. The molecule has 0 bridgehead atoms. The molecule has 8 heteroatoms. The van der Waals surface area contributed by atoms with E-state index >= 15 is 0 Å². The molecule has 1 saturated heterocycles. The van der Waals surface area contributed by atoms with Gasteiger partial charge in [0.1, 0.15) is 0 Å². The van der Waals surface area contributed by atoms with Gasteiger partial charge in [-0.1, -0.05) is 35.4 Å². The molecule has 1 aliphatic rings. The van der Waals surface area contributed by atoms with Gasteiger partial charge in [-0.2, -0.15) is 0 Å². The highest BCUT2D eigenvalue weighted by atomic mass is 32.2. The Hall–Kier alpha value is -2.84. The van der Waals surface area contributed by atoms with E-state index in [0.29, 0.717) is 32.7 Å². The van der Waals surface area contributed by atoms with Crippen molar-refractivity contribution in [3.05, 3.63) is 59.2 Å². The van der Waals surface area contributed by atoms with E-state index in [1.54, 1.807) is 0 Å². The van der Waals surface area contributed by atoms with Gasteiger partial charge in [0.15, 0.2) is 0 Å². The van der Waals surface area contributed by atoms with Crippen molar-refractivity contribution in [1.82, 2.24) is 9.80 Å². The van der Waals surface area contributed by atoms with Gasteiger partial charge in [0.25, 0.3) is 0 Å². The molecule has 3 amide bonds. The number of nitrogens with one attached hydrogen (secondary N) is 2. The van der Waals surface area contributed by atoms with Crippen molar-refractivity contribution < 1.29 is 14.4 Å². The Balaban J connectivity index is 1.33. The predicted molar refractivity (Wildman–Crippen MR) is 135 cm³/mol. The summed E-state index contributed by atoms with van der Waals surface area (Å²) in [6, 6.07) is 13.6. The summed E-state index contributed by atoms with van der Waals surface area (Å²) in [5, 5.41) is 5.82. The number of nitrogens with zero attached hydrogens (tertiary/aromatic N) is 2. The van der Waals surface area contributed by atoms with Crippen LogP contribution in [0, 0.1) is 20.8 Å². The SMILES string of the molecule is Cc1ccc(NC(=O)CN2CCN(C(=O)CSCC(=O)Nc3ccc(C)cc3C)CC2)cc1. The molecule has 0 aliphatic carbocycles. The third kappa shape index (κ3) is 7.91. The summed E-state index contributed by atoms with van der Waals surface area (Å²) >= 11 is 1.32. The summed E-state index contributed by atoms with van der Waals surface area (Å²) in [6.07, 6.45) is 0. The Labute approximate surface area is 199 Å². The maximum atomic E-state index is 12.5. The van der Waals surface area contributed by atoms with Crippen LogP contribution in [0.25, 0.3) is 0 Å². The van der Waals surface area contributed by atoms with Crippen LogP contribution < -0.4 is 10.6 Å². The van der Waals surface area contributed by atoms with Crippen LogP contribution in [0.3, 0.4) is 0 Å². The predicted octanol–water partition coefficient (Wildman–Crippen LogP) is 3.07. The lowest BCUT2D eigenvalue weighted by Gasteiger charge is -2.34. The molecule has 0 spiro atoms. The summed E-state index contributed by atoms with van der Waals surface area (Å²) in [5.74, 6) is 0.378. The fourth-order valence-corrected chi connectivity index (χ4v) is 4.38. The normalized spacial score (nSPS) is 14.1. The quantitative estimate of drug-likeness (QED) is 0.622. The zero-order chi connectivity index (χ0) is 23.8. The summed E-state index contributed by atoms with van der Waals surface area (Å²) in [7, 11) is 0. The van der Waals surface area contributed by atoms with Gasteiger partial charge in [-0.25, -0.2) is 0 Å². The van der Waals surface area contributed by atoms with Crippen molar-refractivity contribution in [3.8, 4) is 0 Å². The van der Waals surface area contributed by atoms with E-state index in [0.717, 1.165) is 28.1 Å². The van der Waals surface area contributed by atoms with Gasteiger partial charge in [0.2, 0.25) is 17.7 Å². The van der Waals surface area contributed by atoms with Crippen molar-refractivity contribution in [1.29, 1.82) is 0 Å². The molecule has 33 heavy (non-hydrogen) atoms. The number of piperazine rings is 1. The maximum absolute atomic E-state index is 12.5. The number of carbonyl (C=O) groups excluding carboxylic acids is 3. The summed E-state index contributed by atoms with van der Waals surface area (Å²) < 4.78 is 0. The third-order valence-corrected chi connectivity index (χ3v) is 6.46. The molecule has 1 aliphatic heterocycles. The molecule has 0 aromatic heterocycles. The second-order valence-electron chi connectivity index (χ2n) is 8.43. The molecule has 0 saturated carbocycles. The van der Waals surface area contributed by atoms with E-state index < -0.39 is 0 Å². The highest BCUT2D eigenvalue weighted by Gasteiger charge is 2.22. The van der Waals surface area contributed by atoms with E-state index in [2.05, 4.69) is 15.5 Å². The van der Waals surface area contributed by atoms with Crippen molar-refractivity contribution in [2.45, 2.75) is 20.8 Å². The first-order valence-electron chi connectivity index (χ1n) is 11.1. The first kappa shape index (κ1) is 24.8. The second kappa shape index (κ2) is 11.9. The minimum absolute atomic E-state index is 0.0306. The van der Waals surface area contributed by atoms with E-state index in [4.69, 9.17) is 0 Å². The number of carbonyl (C=O) groups is 3. The van der Waals surface area contributed by atoms with E-state index in [1.165, 1.54) is 11.8 Å². The van der Waals surface area contributed by atoms with Crippen molar-refractivity contribution in [2.75, 3.05) is 54.9 Å². The van der Waals surface area contributed by atoms with E-state index in [9.17, 15) is 14.4 Å². The third-order valence-electron chi connectivity index (χ3n) is 5.54. The van der Waals surface area contributed by atoms with Crippen LogP contribution in [0.5, 0.6) is 0 Å². The van der Waals surface area contributed by atoms with Gasteiger partial charge < -0.3 is 15.5 Å².